The molecule has 0 spiro atoms. The first-order valence-corrected chi connectivity index (χ1v) is 8.90. The van der Waals surface area contributed by atoms with Crippen molar-refractivity contribution >= 4 is 28.7 Å². The third kappa shape index (κ3) is 4.85. The van der Waals surface area contributed by atoms with Crippen LogP contribution in [0.25, 0.3) is 11.0 Å². The van der Waals surface area contributed by atoms with E-state index in [1.807, 2.05) is 0 Å². The standard InChI is InChI=1S/C19H14F2O5S/c20-15-4-2-13(9-16(15)21)27-6-5-18(23)25-10-11-7-19(24)26-17-8-12(22)1-3-14(11)17/h1-4,7-9,22H,5-6,10H2. The molecule has 0 aliphatic carbocycles. The number of ether oxygens (including phenoxy) is 1. The lowest BCUT2D eigenvalue weighted by molar-refractivity contribution is -0.144. The topological polar surface area (TPSA) is 76.7 Å². The summed E-state index contributed by atoms with van der Waals surface area (Å²) in [4.78, 5) is 24.0. The fraction of sp³-hybridized carbons (Fsp3) is 0.158. The minimum absolute atomic E-state index is 0.0472. The Hall–Kier alpha value is -2.87. The Kier molecular flexibility index (Phi) is 5.75. The van der Waals surface area contributed by atoms with Gasteiger partial charge in [-0.3, -0.25) is 4.79 Å². The predicted octanol–water partition coefficient (Wildman–Crippen LogP) is 4.00. The number of fused-ring (bicyclic) bond motifs is 1. The number of thioether (sulfide) groups is 1. The Bertz CT molecular complexity index is 1050. The highest BCUT2D eigenvalue weighted by Crippen LogP contribution is 2.23. The van der Waals surface area contributed by atoms with Crippen LogP contribution < -0.4 is 5.63 Å². The van der Waals surface area contributed by atoms with E-state index < -0.39 is 23.2 Å². The number of phenolic OH excluding ortho intramolecular Hbond substituents is 1. The molecule has 0 bridgehead atoms. The van der Waals surface area contributed by atoms with Gasteiger partial charge >= 0.3 is 11.6 Å². The number of hydrogen-bond donors (Lipinski definition) is 1. The average molecular weight is 392 g/mol. The van der Waals surface area contributed by atoms with Gasteiger partial charge in [0.25, 0.3) is 0 Å². The fourth-order valence-electron chi connectivity index (χ4n) is 2.39. The number of rotatable bonds is 6. The number of carbonyl (C=O) groups is 1. The van der Waals surface area contributed by atoms with Crippen molar-refractivity contribution in [2.75, 3.05) is 5.75 Å². The minimum Gasteiger partial charge on any atom is -0.508 e. The molecule has 0 aliphatic rings. The van der Waals surface area contributed by atoms with E-state index in [1.54, 1.807) is 6.07 Å². The number of carbonyl (C=O) groups excluding carboxylic acids is 1. The van der Waals surface area contributed by atoms with Crippen LogP contribution in [0.2, 0.25) is 0 Å². The maximum atomic E-state index is 13.1. The summed E-state index contributed by atoms with van der Waals surface area (Å²) in [7, 11) is 0. The average Bonchev–Trinajstić information content (AvgIpc) is 2.62. The molecule has 8 heteroatoms. The van der Waals surface area contributed by atoms with Crippen LogP contribution in [-0.2, 0) is 16.1 Å². The summed E-state index contributed by atoms with van der Waals surface area (Å²) < 4.78 is 36.2. The summed E-state index contributed by atoms with van der Waals surface area (Å²) in [5, 5.41) is 10.0. The van der Waals surface area contributed by atoms with Crippen LogP contribution in [0.1, 0.15) is 12.0 Å². The smallest absolute Gasteiger partial charge is 0.336 e. The lowest BCUT2D eigenvalue weighted by atomic mass is 10.1. The number of benzene rings is 2. The summed E-state index contributed by atoms with van der Waals surface area (Å²) >= 11 is 1.20. The van der Waals surface area contributed by atoms with Gasteiger partial charge in [0, 0.05) is 33.7 Å². The van der Waals surface area contributed by atoms with Gasteiger partial charge in [0.1, 0.15) is 17.9 Å². The van der Waals surface area contributed by atoms with E-state index >= 15 is 0 Å². The van der Waals surface area contributed by atoms with Crippen LogP contribution in [-0.4, -0.2) is 16.8 Å². The lowest BCUT2D eigenvalue weighted by Crippen LogP contribution is -2.08. The highest BCUT2D eigenvalue weighted by molar-refractivity contribution is 7.99. The van der Waals surface area contributed by atoms with Crippen molar-refractivity contribution in [3.8, 4) is 5.75 Å². The number of phenols is 1. The van der Waals surface area contributed by atoms with Gasteiger partial charge in [-0.1, -0.05) is 0 Å². The summed E-state index contributed by atoms with van der Waals surface area (Å²) in [6, 6.07) is 9.06. The quantitative estimate of drug-likeness (QED) is 0.388. The zero-order chi connectivity index (χ0) is 19.4. The van der Waals surface area contributed by atoms with E-state index in [1.165, 1.54) is 36.0 Å². The van der Waals surface area contributed by atoms with E-state index in [0.717, 1.165) is 12.1 Å². The van der Waals surface area contributed by atoms with Gasteiger partial charge in [-0.05, 0) is 30.3 Å². The third-order valence-electron chi connectivity index (χ3n) is 3.67. The normalized spacial score (nSPS) is 10.9. The summed E-state index contributed by atoms with van der Waals surface area (Å²) in [5.41, 5.74) is 0.0401. The summed E-state index contributed by atoms with van der Waals surface area (Å²) in [6.45, 7) is -0.123. The molecule has 1 N–H and O–H groups in total. The first-order valence-electron chi connectivity index (χ1n) is 7.91. The fourth-order valence-corrected chi connectivity index (χ4v) is 3.24. The van der Waals surface area contributed by atoms with Gasteiger partial charge < -0.3 is 14.3 Å². The Balaban J connectivity index is 1.57. The molecule has 0 saturated carbocycles. The van der Waals surface area contributed by atoms with Crippen molar-refractivity contribution in [1.29, 1.82) is 0 Å². The maximum Gasteiger partial charge on any atom is 0.336 e. The third-order valence-corrected chi connectivity index (χ3v) is 4.66. The van der Waals surface area contributed by atoms with Gasteiger partial charge in [-0.2, -0.15) is 0 Å². The number of aromatic hydroxyl groups is 1. The summed E-state index contributed by atoms with van der Waals surface area (Å²) in [5.74, 6) is -2.08. The second-order valence-corrected chi connectivity index (χ2v) is 6.77. The molecule has 2 aromatic carbocycles. The zero-order valence-electron chi connectivity index (χ0n) is 13.9. The first kappa shape index (κ1) is 18.9. The molecule has 27 heavy (non-hydrogen) atoms. The van der Waals surface area contributed by atoms with Crippen LogP contribution in [0.3, 0.4) is 0 Å². The molecule has 3 aromatic rings. The van der Waals surface area contributed by atoms with E-state index in [2.05, 4.69) is 0 Å². The molecule has 0 aliphatic heterocycles. The van der Waals surface area contributed by atoms with Gasteiger partial charge in [-0.15, -0.1) is 11.8 Å². The van der Waals surface area contributed by atoms with Crippen molar-refractivity contribution in [2.45, 2.75) is 17.9 Å². The van der Waals surface area contributed by atoms with Crippen LogP contribution >= 0.6 is 11.8 Å². The number of hydrogen-bond acceptors (Lipinski definition) is 6. The second kappa shape index (κ2) is 8.22. The van der Waals surface area contributed by atoms with Gasteiger partial charge in [0.2, 0.25) is 0 Å². The number of halogens is 2. The van der Waals surface area contributed by atoms with E-state index in [4.69, 9.17) is 9.15 Å². The molecule has 1 heterocycles. The molecule has 0 unspecified atom stereocenters. The van der Waals surface area contributed by atoms with Crippen molar-refractivity contribution in [1.82, 2.24) is 0 Å². The van der Waals surface area contributed by atoms with E-state index in [-0.39, 0.29) is 24.4 Å². The zero-order valence-corrected chi connectivity index (χ0v) is 14.7. The molecule has 0 amide bonds. The number of esters is 1. The van der Waals surface area contributed by atoms with Crippen molar-refractivity contribution < 1.29 is 27.8 Å². The Morgan fingerprint density at radius 3 is 2.70 bits per heavy atom. The SMILES string of the molecule is O=C(CCSc1ccc(F)c(F)c1)OCc1cc(=O)oc2cc(O)ccc12. The Morgan fingerprint density at radius 1 is 1.11 bits per heavy atom. The molecular formula is C19H14F2O5S. The van der Waals surface area contributed by atoms with Gasteiger partial charge in [-0.25, -0.2) is 13.6 Å². The highest BCUT2D eigenvalue weighted by atomic mass is 32.2. The van der Waals surface area contributed by atoms with Crippen molar-refractivity contribution in [3.05, 3.63) is 70.1 Å². The lowest BCUT2D eigenvalue weighted by Gasteiger charge is -2.07. The van der Waals surface area contributed by atoms with Crippen molar-refractivity contribution in [3.63, 3.8) is 0 Å². The molecule has 3 rings (SSSR count). The van der Waals surface area contributed by atoms with Gasteiger partial charge in [0.05, 0.1) is 6.42 Å². The molecule has 0 radical (unpaired) electrons. The first-order chi connectivity index (χ1) is 12.9. The van der Waals surface area contributed by atoms with Crippen LogP contribution in [0.15, 0.2) is 56.6 Å². The van der Waals surface area contributed by atoms with E-state index in [0.29, 0.717) is 21.6 Å². The predicted molar refractivity (Wildman–Crippen MR) is 95.6 cm³/mol. The van der Waals surface area contributed by atoms with Crippen LogP contribution in [0.5, 0.6) is 5.75 Å². The highest BCUT2D eigenvalue weighted by Gasteiger charge is 2.10. The monoisotopic (exact) mass is 392 g/mol. The molecule has 0 atom stereocenters. The second-order valence-electron chi connectivity index (χ2n) is 5.61. The van der Waals surface area contributed by atoms with Crippen molar-refractivity contribution in [2.24, 2.45) is 0 Å². The molecule has 5 nitrogen and oxygen atoms in total. The Labute approximate surface area is 156 Å². The van der Waals surface area contributed by atoms with Gasteiger partial charge in [0.15, 0.2) is 11.6 Å². The minimum atomic E-state index is -0.941. The Morgan fingerprint density at radius 2 is 1.93 bits per heavy atom. The maximum absolute atomic E-state index is 13.1. The van der Waals surface area contributed by atoms with Crippen LogP contribution in [0.4, 0.5) is 8.78 Å². The summed E-state index contributed by atoms with van der Waals surface area (Å²) in [6.07, 6.45) is 0.0593. The largest absolute Gasteiger partial charge is 0.508 e. The van der Waals surface area contributed by atoms with E-state index in [9.17, 15) is 23.5 Å². The molecule has 1 aromatic heterocycles. The van der Waals surface area contributed by atoms with Crippen LogP contribution in [0, 0.1) is 11.6 Å². The molecular weight excluding hydrogens is 378 g/mol. The molecule has 140 valence electrons. The molecule has 0 fully saturated rings. The molecule has 0 saturated heterocycles.